The third kappa shape index (κ3) is 4.60. The van der Waals surface area contributed by atoms with Crippen molar-refractivity contribution in [1.29, 1.82) is 0 Å². The lowest BCUT2D eigenvalue weighted by Gasteiger charge is -2.45. The molecular formula is C17H32N2O2. The van der Waals surface area contributed by atoms with E-state index < -0.39 is 5.60 Å². The van der Waals surface area contributed by atoms with Crippen LogP contribution in [0.3, 0.4) is 0 Å². The minimum atomic E-state index is -0.411. The lowest BCUT2D eigenvalue weighted by molar-refractivity contribution is -0.0121. The van der Waals surface area contributed by atoms with Gasteiger partial charge in [-0.1, -0.05) is 6.92 Å². The van der Waals surface area contributed by atoms with Crippen molar-refractivity contribution >= 4 is 6.09 Å². The van der Waals surface area contributed by atoms with Gasteiger partial charge in [-0.15, -0.1) is 0 Å². The minimum Gasteiger partial charge on any atom is -0.444 e. The molecule has 2 saturated heterocycles. The van der Waals surface area contributed by atoms with Gasteiger partial charge in [0.1, 0.15) is 5.60 Å². The molecule has 0 aromatic carbocycles. The number of carbonyl (C=O) groups excluding carboxylic acids is 1. The normalized spacial score (nSPS) is 32.0. The van der Waals surface area contributed by atoms with Gasteiger partial charge in [-0.3, -0.25) is 0 Å². The van der Waals surface area contributed by atoms with Crippen molar-refractivity contribution in [3.8, 4) is 0 Å². The number of hydrogen-bond donors (Lipinski definition) is 0. The molecule has 2 rings (SSSR count). The first kappa shape index (κ1) is 16.6. The maximum absolute atomic E-state index is 12.6. The third-order valence-electron chi connectivity index (χ3n) is 4.70. The molecule has 0 N–H and O–H groups in total. The molecule has 2 heterocycles. The summed E-state index contributed by atoms with van der Waals surface area (Å²) >= 11 is 0. The van der Waals surface area contributed by atoms with Crippen LogP contribution in [0.4, 0.5) is 4.79 Å². The van der Waals surface area contributed by atoms with Crippen molar-refractivity contribution in [2.45, 2.75) is 65.0 Å². The maximum Gasteiger partial charge on any atom is 0.410 e. The van der Waals surface area contributed by atoms with E-state index in [2.05, 4.69) is 18.9 Å². The first-order valence-corrected chi connectivity index (χ1v) is 8.44. The second-order valence-electron chi connectivity index (χ2n) is 8.05. The number of carbonyl (C=O) groups is 1. The molecule has 2 aliphatic rings. The van der Waals surface area contributed by atoms with Crippen LogP contribution >= 0.6 is 0 Å². The summed E-state index contributed by atoms with van der Waals surface area (Å²) in [5, 5.41) is 0. The van der Waals surface area contributed by atoms with Gasteiger partial charge >= 0.3 is 6.09 Å². The van der Waals surface area contributed by atoms with E-state index in [9.17, 15) is 4.79 Å². The van der Waals surface area contributed by atoms with Crippen molar-refractivity contribution in [1.82, 2.24) is 9.80 Å². The second-order valence-corrected chi connectivity index (χ2v) is 8.05. The van der Waals surface area contributed by atoms with Crippen LogP contribution in [-0.4, -0.2) is 54.2 Å². The number of rotatable bonds is 1. The molecule has 0 bridgehead atoms. The molecule has 0 radical (unpaired) electrons. The van der Waals surface area contributed by atoms with Crippen molar-refractivity contribution < 1.29 is 9.53 Å². The molecule has 0 saturated carbocycles. The number of nitrogens with zero attached hydrogens (tertiary/aromatic N) is 2. The summed E-state index contributed by atoms with van der Waals surface area (Å²) in [6.07, 6.45) is 4.72. The predicted octanol–water partition coefficient (Wildman–Crippen LogP) is 3.36. The van der Waals surface area contributed by atoms with E-state index in [0.717, 1.165) is 19.5 Å². The number of ether oxygens (including phenoxy) is 1. The summed E-state index contributed by atoms with van der Waals surface area (Å²) in [5.74, 6) is 1.18. The van der Waals surface area contributed by atoms with E-state index in [1.807, 2.05) is 25.7 Å². The summed E-state index contributed by atoms with van der Waals surface area (Å²) < 4.78 is 5.65. The van der Waals surface area contributed by atoms with Crippen LogP contribution in [0.5, 0.6) is 0 Å². The summed E-state index contributed by atoms with van der Waals surface area (Å²) in [6.45, 7) is 11.2. The fraction of sp³-hybridized carbons (Fsp3) is 0.941. The fourth-order valence-corrected chi connectivity index (χ4v) is 3.71. The molecule has 122 valence electrons. The van der Waals surface area contributed by atoms with Crippen molar-refractivity contribution in [3.05, 3.63) is 0 Å². The molecule has 4 nitrogen and oxygen atoms in total. The standard InChI is InChI=1S/C17H32N2O2/c1-13-8-9-15(14-7-6-10-18(5)12-14)19(11-13)16(20)21-17(2,3)4/h13-15H,6-12H2,1-5H3/t13-,14?,15+/m0/s1. The molecule has 3 atom stereocenters. The Hall–Kier alpha value is -0.770. The molecular weight excluding hydrogens is 264 g/mol. The Balaban J connectivity index is 2.07. The molecule has 21 heavy (non-hydrogen) atoms. The highest BCUT2D eigenvalue weighted by atomic mass is 16.6. The van der Waals surface area contributed by atoms with E-state index in [4.69, 9.17) is 4.74 Å². The molecule has 0 aliphatic carbocycles. The minimum absolute atomic E-state index is 0.118. The first-order chi connectivity index (χ1) is 9.76. The smallest absolute Gasteiger partial charge is 0.410 e. The fourth-order valence-electron chi connectivity index (χ4n) is 3.71. The van der Waals surface area contributed by atoms with Crippen LogP contribution in [0.1, 0.15) is 53.4 Å². The Morgan fingerprint density at radius 1 is 1.14 bits per heavy atom. The second kappa shape index (κ2) is 6.55. The van der Waals surface area contributed by atoms with Gasteiger partial charge in [0.2, 0.25) is 0 Å². The quantitative estimate of drug-likeness (QED) is 0.744. The van der Waals surface area contributed by atoms with E-state index >= 15 is 0 Å². The highest BCUT2D eigenvalue weighted by molar-refractivity contribution is 5.68. The molecule has 0 spiro atoms. The maximum atomic E-state index is 12.6. The Morgan fingerprint density at radius 2 is 1.86 bits per heavy atom. The lowest BCUT2D eigenvalue weighted by Crippen LogP contribution is -2.54. The van der Waals surface area contributed by atoms with Gasteiger partial charge in [0.25, 0.3) is 0 Å². The van der Waals surface area contributed by atoms with Crippen molar-refractivity contribution in [2.24, 2.45) is 11.8 Å². The Kier molecular flexibility index (Phi) is 5.18. The summed E-state index contributed by atoms with van der Waals surface area (Å²) in [4.78, 5) is 17.0. The summed E-state index contributed by atoms with van der Waals surface area (Å²) in [5.41, 5.74) is -0.411. The number of hydrogen-bond acceptors (Lipinski definition) is 3. The van der Waals surface area contributed by atoms with Crippen LogP contribution in [0.25, 0.3) is 0 Å². The summed E-state index contributed by atoms with van der Waals surface area (Å²) in [6, 6.07) is 0.360. The molecule has 4 heteroatoms. The molecule has 2 fully saturated rings. The van der Waals surface area contributed by atoms with E-state index in [1.54, 1.807) is 0 Å². The Labute approximate surface area is 129 Å². The number of piperidine rings is 2. The lowest BCUT2D eigenvalue weighted by atomic mass is 9.82. The van der Waals surface area contributed by atoms with Gasteiger partial charge in [0.05, 0.1) is 0 Å². The monoisotopic (exact) mass is 296 g/mol. The largest absolute Gasteiger partial charge is 0.444 e. The highest BCUT2D eigenvalue weighted by Crippen LogP contribution is 2.32. The van der Waals surface area contributed by atoms with Gasteiger partial charge in [-0.2, -0.15) is 0 Å². The topological polar surface area (TPSA) is 32.8 Å². The average Bonchev–Trinajstić information content (AvgIpc) is 2.36. The van der Waals surface area contributed by atoms with Gasteiger partial charge in [0, 0.05) is 19.1 Å². The summed E-state index contributed by atoms with van der Waals surface area (Å²) in [7, 11) is 2.19. The molecule has 1 unspecified atom stereocenters. The average molecular weight is 296 g/mol. The van der Waals surface area contributed by atoms with Crippen molar-refractivity contribution in [2.75, 3.05) is 26.7 Å². The predicted molar refractivity (Wildman–Crippen MR) is 85.3 cm³/mol. The molecule has 0 aromatic rings. The van der Waals surface area contributed by atoms with Gasteiger partial charge in [-0.05, 0) is 71.9 Å². The van der Waals surface area contributed by atoms with Crippen LogP contribution in [-0.2, 0) is 4.74 Å². The zero-order chi connectivity index (χ0) is 15.6. The molecule has 0 aromatic heterocycles. The zero-order valence-corrected chi connectivity index (χ0v) is 14.4. The van der Waals surface area contributed by atoms with Crippen LogP contribution in [0.2, 0.25) is 0 Å². The van der Waals surface area contributed by atoms with Gasteiger partial charge in [0.15, 0.2) is 0 Å². The van der Waals surface area contributed by atoms with E-state index in [-0.39, 0.29) is 6.09 Å². The van der Waals surface area contributed by atoms with Crippen LogP contribution < -0.4 is 0 Å². The van der Waals surface area contributed by atoms with Crippen LogP contribution in [0, 0.1) is 11.8 Å². The zero-order valence-electron chi connectivity index (χ0n) is 14.4. The molecule has 2 aliphatic heterocycles. The Bertz CT molecular complexity index is 364. The first-order valence-electron chi connectivity index (χ1n) is 8.44. The molecule has 1 amide bonds. The van der Waals surface area contributed by atoms with E-state index in [0.29, 0.717) is 17.9 Å². The van der Waals surface area contributed by atoms with Crippen LogP contribution in [0.15, 0.2) is 0 Å². The van der Waals surface area contributed by atoms with Gasteiger partial charge in [-0.25, -0.2) is 4.79 Å². The SMILES string of the molecule is C[C@H]1CC[C@H](C2CCCN(C)C2)N(C(=O)OC(C)(C)C)C1. The Morgan fingerprint density at radius 3 is 2.48 bits per heavy atom. The van der Waals surface area contributed by atoms with E-state index in [1.165, 1.54) is 25.8 Å². The third-order valence-corrected chi connectivity index (χ3v) is 4.70. The van der Waals surface area contributed by atoms with Crippen molar-refractivity contribution in [3.63, 3.8) is 0 Å². The number of amides is 1. The van der Waals surface area contributed by atoms with Gasteiger partial charge < -0.3 is 14.5 Å². The number of likely N-dealkylation sites (tertiary alicyclic amines) is 2. The highest BCUT2D eigenvalue weighted by Gasteiger charge is 2.38.